The van der Waals surface area contributed by atoms with E-state index in [1.54, 1.807) is 6.21 Å². The molecule has 3 rings (SSSR count). The summed E-state index contributed by atoms with van der Waals surface area (Å²) in [6.45, 7) is 4.81. The second-order valence-electron chi connectivity index (χ2n) is 5.38. The topological polar surface area (TPSA) is 50.6 Å². The molecule has 1 saturated heterocycles. The van der Waals surface area contributed by atoms with Crippen molar-refractivity contribution >= 4 is 12.0 Å². The first-order valence-electron chi connectivity index (χ1n) is 7.63. The van der Waals surface area contributed by atoms with Crippen molar-refractivity contribution in [1.82, 2.24) is 9.97 Å². The van der Waals surface area contributed by atoms with E-state index in [2.05, 4.69) is 15.0 Å². The summed E-state index contributed by atoms with van der Waals surface area (Å²) in [5.74, 6) is 0.445. The van der Waals surface area contributed by atoms with E-state index in [1.165, 1.54) is 6.20 Å². The predicted octanol–water partition coefficient (Wildman–Crippen LogP) is 2.38. The summed E-state index contributed by atoms with van der Waals surface area (Å²) in [6.07, 6.45) is 3.02. The Kier molecular flexibility index (Phi) is 4.92. The highest BCUT2D eigenvalue weighted by atomic mass is 19.1. The van der Waals surface area contributed by atoms with E-state index in [0.29, 0.717) is 44.5 Å². The van der Waals surface area contributed by atoms with Crippen LogP contribution in [-0.4, -0.2) is 42.5 Å². The van der Waals surface area contributed by atoms with E-state index >= 15 is 0 Å². The number of hydrogen-bond donors (Lipinski definition) is 0. The molecule has 0 aliphatic carbocycles. The number of nitrogens with zero attached hydrogens (tertiary/aromatic N) is 4. The highest BCUT2D eigenvalue weighted by molar-refractivity contribution is 5.81. The third-order valence-electron chi connectivity index (χ3n) is 3.74. The van der Waals surface area contributed by atoms with E-state index in [0.717, 1.165) is 11.1 Å². The van der Waals surface area contributed by atoms with Crippen LogP contribution in [-0.2, 0) is 11.3 Å². The van der Waals surface area contributed by atoms with Crippen molar-refractivity contribution in [1.29, 1.82) is 0 Å². The van der Waals surface area contributed by atoms with Crippen molar-refractivity contribution < 1.29 is 9.13 Å². The number of rotatable bonds is 4. The lowest BCUT2D eigenvalue weighted by Gasteiger charge is -2.28. The van der Waals surface area contributed by atoms with Crippen molar-refractivity contribution in [3.05, 3.63) is 53.2 Å². The molecular formula is C17H19FN4O. The summed E-state index contributed by atoms with van der Waals surface area (Å²) < 4.78 is 19.2. The third kappa shape index (κ3) is 3.90. The Bertz CT molecular complexity index is 699. The van der Waals surface area contributed by atoms with Crippen LogP contribution in [0.4, 0.5) is 10.2 Å². The smallest absolute Gasteiger partial charge is 0.183 e. The summed E-state index contributed by atoms with van der Waals surface area (Å²) in [4.78, 5) is 14.6. The summed E-state index contributed by atoms with van der Waals surface area (Å²) in [5.41, 5.74) is 2.22. The Labute approximate surface area is 134 Å². The van der Waals surface area contributed by atoms with Crippen LogP contribution < -0.4 is 4.90 Å². The van der Waals surface area contributed by atoms with Gasteiger partial charge in [-0.05, 0) is 18.1 Å². The van der Waals surface area contributed by atoms with Gasteiger partial charge in [-0.3, -0.25) is 4.99 Å². The number of benzene rings is 1. The second kappa shape index (κ2) is 7.28. The summed E-state index contributed by atoms with van der Waals surface area (Å²) in [5, 5.41) is 0. The monoisotopic (exact) mass is 314 g/mol. The fourth-order valence-corrected chi connectivity index (χ4v) is 2.42. The quantitative estimate of drug-likeness (QED) is 0.813. The van der Waals surface area contributed by atoms with Gasteiger partial charge in [-0.15, -0.1) is 0 Å². The van der Waals surface area contributed by atoms with Crippen molar-refractivity contribution in [2.75, 3.05) is 31.2 Å². The van der Waals surface area contributed by atoms with Gasteiger partial charge in [0.2, 0.25) is 0 Å². The van der Waals surface area contributed by atoms with Crippen molar-refractivity contribution in [2.24, 2.45) is 4.99 Å². The van der Waals surface area contributed by atoms with Gasteiger partial charge in [0.1, 0.15) is 0 Å². The number of hydrogen-bond acceptors (Lipinski definition) is 5. The van der Waals surface area contributed by atoms with Gasteiger partial charge in [0.25, 0.3) is 0 Å². The lowest BCUT2D eigenvalue weighted by Crippen LogP contribution is -2.37. The molecule has 1 aliphatic rings. The van der Waals surface area contributed by atoms with Gasteiger partial charge in [-0.1, -0.05) is 24.3 Å². The van der Waals surface area contributed by atoms with Gasteiger partial charge in [0.05, 0.1) is 26.0 Å². The largest absolute Gasteiger partial charge is 0.378 e. The van der Waals surface area contributed by atoms with Crippen LogP contribution in [0.5, 0.6) is 0 Å². The normalized spacial score (nSPS) is 15.3. The van der Waals surface area contributed by atoms with E-state index in [4.69, 9.17) is 4.74 Å². The zero-order valence-corrected chi connectivity index (χ0v) is 13.1. The number of anilines is 1. The molecule has 0 saturated carbocycles. The molecule has 1 aromatic carbocycles. The van der Waals surface area contributed by atoms with Gasteiger partial charge in [0, 0.05) is 19.3 Å². The number of aryl methyl sites for hydroxylation is 1. The highest BCUT2D eigenvalue weighted by Crippen LogP contribution is 2.17. The molecule has 23 heavy (non-hydrogen) atoms. The van der Waals surface area contributed by atoms with Crippen molar-refractivity contribution in [3.63, 3.8) is 0 Å². The number of aliphatic imine (C=N–C) groups is 1. The fourth-order valence-electron chi connectivity index (χ4n) is 2.42. The Morgan fingerprint density at radius 1 is 1.30 bits per heavy atom. The number of morpholine rings is 1. The van der Waals surface area contributed by atoms with Crippen LogP contribution in [0.1, 0.15) is 17.0 Å². The minimum absolute atomic E-state index is 0.325. The molecule has 1 aliphatic heterocycles. The first-order valence-corrected chi connectivity index (χ1v) is 7.63. The molecule has 0 bridgehead atoms. The Balaban J connectivity index is 1.72. The third-order valence-corrected chi connectivity index (χ3v) is 3.74. The lowest BCUT2D eigenvalue weighted by molar-refractivity contribution is 0.122. The lowest BCUT2D eigenvalue weighted by atomic mass is 10.1. The van der Waals surface area contributed by atoms with Crippen LogP contribution in [0.15, 0.2) is 35.5 Å². The number of aromatic nitrogens is 2. The van der Waals surface area contributed by atoms with Crippen molar-refractivity contribution in [3.8, 4) is 0 Å². The van der Waals surface area contributed by atoms with Gasteiger partial charge in [-0.25, -0.2) is 14.4 Å². The van der Waals surface area contributed by atoms with Crippen LogP contribution >= 0.6 is 0 Å². The molecule has 2 aromatic rings. The minimum atomic E-state index is -0.404. The zero-order chi connectivity index (χ0) is 16.1. The maximum absolute atomic E-state index is 13.9. The van der Waals surface area contributed by atoms with E-state index in [-0.39, 0.29) is 0 Å². The fraction of sp³-hybridized carbons (Fsp3) is 0.353. The first kappa shape index (κ1) is 15.6. The van der Waals surface area contributed by atoms with Gasteiger partial charge in [-0.2, -0.15) is 0 Å². The second-order valence-corrected chi connectivity index (χ2v) is 5.38. The molecule has 1 fully saturated rings. The van der Waals surface area contributed by atoms with E-state index < -0.39 is 5.82 Å². The molecule has 2 heterocycles. The number of ether oxygens (including phenoxy) is 1. The summed E-state index contributed by atoms with van der Waals surface area (Å²) >= 11 is 0. The molecule has 0 unspecified atom stereocenters. The number of halogens is 1. The molecule has 0 amide bonds. The molecule has 0 atom stereocenters. The Hall–Kier alpha value is -2.34. The van der Waals surface area contributed by atoms with Crippen LogP contribution in [0.3, 0.4) is 0 Å². The Morgan fingerprint density at radius 3 is 2.87 bits per heavy atom. The average molecular weight is 314 g/mol. The molecule has 120 valence electrons. The molecule has 0 N–H and O–H groups in total. The standard InChI is InChI=1S/C17H19FN4O/c1-13-4-2-3-5-14(13)10-19-12-16-20-11-15(18)17(21-16)22-6-8-23-9-7-22/h2-5,10-11H,6-9,12H2,1H3. The van der Waals surface area contributed by atoms with Crippen LogP contribution in [0.2, 0.25) is 0 Å². The molecule has 1 aromatic heterocycles. The highest BCUT2D eigenvalue weighted by Gasteiger charge is 2.17. The van der Waals surface area contributed by atoms with Crippen LogP contribution in [0.25, 0.3) is 0 Å². The zero-order valence-electron chi connectivity index (χ0n) is 13.1. The van der Waals surface area contributed by atoms with E-state index in [9.17, 15) is 4.39 Å². The van der Waals surface area contributed by atoms with Gasteiger partial charge in [0.15, 0.2) is 17.5 Å². The SMILES string of the molecule is Cc1ccccc1C=NCc1ncc(F)c(N2CCOCC2)n1. The maximum atomic E-state index is 13.9. The summed E-state index contributed by atoms with van der Waals surface area (Å²) in [7, 11) is 0. The Morgan fingerprint density at radius 2 is 2.09 bits per heavy atom. The minimum Gasteiger partial charge on any atom is -0.378 e. The predicted molar refractivity (Wildman–Crippen MR) is 87.5 cm³/mol. The van der Waals surface area contributed by atoms with E-state index in [1.807, 2.05) is 36.1 Å². The van der Waals surface area contributed by atoms with Gasteiger partial charge < -0.3 is 9.64 Å². The maximum Gasteiger partial charge on any atom is 0.183 e. The first-order chi connectivity index (χ1) is 11.2. The molecule has 0 radical (unpaired) electrons. The molecule has 0 spiro atoms. The molecular weight excluding hydrogens is 295 g/mol. The molecule has 6 heteroatoms. The summed E-state index contributed by atoms with van der Waals surface area (Å²) in [6, 6.07) is 8.00. The molecule has 5 nitrogen and oxygen atoms in total. The van der Waals surface area contributed by atoms with Gasteiger partial charge >= 0.3 is 0 Å². The average Bonchev–Trinajstić information content (AvgIpc) is 2.59. The van der Waals surface area contributed by atoms with Crippen molar-refractivity contribution in [2.45, 2.75) is 13.5 Å². The van der Waals surface area contributed by atoms with Crippen LogP contribution in [0, 0.1) is 12.7 Å².